The van der Waals surface area contributed by atoms with Gasteiger partial charge in [-0.15, -0.1) is 0 Å². The third kappa shape index (κ3) is 2.98. The molecular weight excluding hydrogens is 308 g/mol. The van der Waals surface area contributed by atoms with Crippen LogP contribution in [0, 0.1) is 0 Å². The maximum absolute atomic E-state index is 12.7. The van der Waals surface area contributed by atoms with Crippen molar-refractivity contribution in [1.29, 1.82) is 0 Å². The predicted molar refractivity (Wildman–Crippen MR) is 102 cm³/mol. The van der Waals surface area contributed by atoms with Gasteiger partial charge in [0, 0.05) is 30.1 Å². The Kier molecular flexibility index (Phi) is 4.14. The lowest BCUT2D eigenvalue weighted by Crippen LogP contribution is -2.37. The highest BCUT2D eigenvalue weighted by molar-refractivity contribution is 5.87. The number of aromatic amines is 1. The first-order valence-electron chi connectivity index (χ1n) is 8.83. The van der Waals surface area contributed by atoms with Gasteiger partial charge in [-0.1, -0.05) is 49.1 Å². The summed E-state index contributed by atoms with van der Waals surface area (Å²) in [6.45, 7) is 4.54. The number of likely N-dealkylation sites (tertiary alicyclic amines) is 1. The minimum atomic E-state index is 0.121. The summed E-state index contributed by atoms with van der Waals surface area (Å²) in [6, 6.07) is 16.7. The molecule has 1 aliphatic heterocycles. The zero-order valence-electron chi connectivity index (χ0n) is 14.2. The van der Waals surface area contributed by atoms with Gasteiger partial charge in [-0.25, -0.2) is 0 Å². The second-order valence-corrected chi connectivity index (χ2v) is 6.67. The van der Waals surface area contributed by atoms with Crippen LogP contribution in [0.1, 0.15) is 42.0 Å². The molecule has 1 aliphatic rings. The highest BCUT2D eigenvalue weighted by Gasteiger charge is 2.30. The summed E-state index contributed by atoms with van der Waals surface area (Å²) in [5.41, 5.74) is 4.60. The molecule has 0 bridgehead atoms. The number of aromatic nitrogens is 1. The Morgan fingerprint density at radius 1 is 1.20 bits per heavy atom. The summed E-state index contributed by atoms with van der Waals surface area (Å²) < 4.78 is 0. The SMILES string of the molecule is C=Cc1ccc2[nH]cc([C@H]3CCCC(=O)N3Cc3ccccc3)c2c1. The number of nitrogens with one attached hydrogen (secondary N) is 1. The third-order valence-corrected chi connectivity index (χ3v) is 5.09. The van der Waals surface area contributed by atoms with Crippen LogP contribution in [-0.2, 0) is 11.3 Å². The molecule has 126 valence electrons. The molecule has 0 unspecified atom stereocenters. The van der Waals surface area contributed by atoms with Crippen molar-refractivity contribution in [3.05, 3.63) is 78.0 Å². The normalized spacial score (nSPS) is 17.8. The van der Waals surface area contributed by atoms with Crippen molar-refractivity contribution >= 4 is 22.9 Å². The second kappa shape index (κ2) is 6.60. The van der Waals surface area contributed by atoms with E-state index in [2.05, 4.69) is 48.1 Å². The summed E-state index contributed by atoms with van der Waals surface area (Å²) >= 11 is 0. The van der Waals surface area contributed by atoms with Crippen LogP contribution in [0.2, 0.25) is 0 Å². The summed E-state index contributed by atoms with van der Waals surface area (Å²) in [5.74, 6) is 0.245. The van der Waals surface area contributed by atoms with Crippen LogP contribution in [0.4, 0.5) is 0 Å². The topological polar surface area (TPSA) is 36.1 Å². The van der Waals surface area contributed by atoms with Gasteiger partial charge >= 0.3 is 0 Å². The molecule has 2 aromatic carbocycles. The summed E-state index contributed by atoms with van der Waals surface area (Å²) in [4.78, 5) is 18.1. The average Bonchev–Trinajstić information content (AvgIpc) is 3.07. The van der Waals surface area contributed by atoms with E-state index in [1.165, 1.54) is 16.5 Å². The molecule has 1 fully saturated rings. The van der Waals surface area contributed by atoms with Gasteiger partial charge in [0.1, 0.15) is 0 Å². The van der Waals surface area contributed by atoms with Gasteiger partial charge in [0.2, 0.25) is 5.91 Å². The lowest BCUT2D eigenvalue weighted by atomic mass is 9.93. The maximum atomic E-state index is 12.7. The van der Waals surface area contributed by atoms with E-state index in [0.29, 0.717) is 13.0 Å². The van der Waals surface area contributed by atoms with E-state index in [9.17, 15) is 4.79 Å². The highest BCUT2D eigenvalue weighted by atomic mass is 16.2. The van der Waals surface area contributed by atoms with E-state index in [4.69, 9.17) is 0 Å². The molecule has 3 heteroatoms. The Hall–Kier alpha value is -2.81. The number of piperidine rings is 1. The Morgan fingerprint density at radius 3 is 2.84 bits per heavy atom. The lowest BCUT2D eigenvalue weighted by molar-refractivity contribution is -0.137. The molecule has 3 nitrogen and oxygen atoms in total. The van der Waals surface area contributed by atoms with Crippen molar-refractivity contribution in [3.8, 4) is 0 Å². The molecule has 1 N–H and O–H groups in total. The van der Waals surface area contributed by atoms with Crippen molar-refractivity contribution in [2.75, 3.05) is 0 Å². The zero-order chi connectivity index (χ0) is 17.2. The molecule has 1 saturated heterocycles. The molecule has 4 rings (SSSR count). The van der Waals surface area contributed by atoms with E-state index in [1.54, 1.807) is 0 Å². The van der Waals surface area contributed by atoms with E-state index < -0.39 is 0 Å². The first-order valence-corrected chi connectivity index (χ1v) is 8.83. The van der Waals surface area contributed by atoms with E-state index >= 15 is 0 Å². The zero-order valence-corrected chi connectivity index (χ0v) is 14.2. The smallest absolute Gasteiger partial charge is 0.223 e. The van der Waals surface area contributed by atoms with Crippen molar-refractivity contribution in [1.82, 2.24) is 9.88 Å². The molecule has 0 saturated carbocycles. The van der Waals surface area contributed by atoms with Crippen molar-refractivity contribution in [3.63, 3.8) is 0 Å². The number of rotatable bonds is 4. The number of H-pyrrole nitrogens is 1. The lowest BCUT2D eigenvalue weighted by Gasteiger charge is -2.36. The fourth-order valence-corrected chi connectivity index (χ4v) is 3.78. The monoisotopic (exact) mass is 330 g/mol. The van der Waals surface area contributed by atoms with Crippen LogP contribution in [0.5, 0.6) is 0 Å². The van der Waals surface area contributed by atoms with Crippen LogP contribution >= 0.6 is 0 Å². The molecule has 25 heavy (non-hydrogen) atoms. The van der Waals surface area contributed by atoms with Crippen molar-refractivity contribution in [2.24, 2.45) is 0 Å². The van der Waals surface area contributed by atoms with E-state index in [1.807, 2.05) is 29.2 Å². The van der Waals surface area contributed by atoms with Crippen molar-refractivity contribution < 1.29 is 4.79 Å². The Morgan fingerprint density at radius 2 is 2.04 bits per heavy atom. The van der Waals surface area contributed by atoms with Crippen molar-refractivity contribution in [2.45, 2.75) is 31.8 Å². The number of hydrogen-bond donors (Lipinski definition) is 1. The first-order chi connectivity index (χ1) is 12.3. The minimum absolute atomic E-state index is 0.121. The van der Waals surface area contributed by atoms with Gasteiger partial charge in [-0.05, 0) is 41.7 Å². The second-order valence-electron chi connectivity index (χ2n) is 6.67. The van der Waals surface area contributed by atoms with Crippen LogP contribution in [0.15, 0.2) is 61.3 Å². The minimum Gasteiger partial charge on any atom is -0.361 e. The number of nitrogens with zero attached hydrogens (tertiary/aromatic N) is 1. The van der Waals surface area contributed by atoms with Gasteiger partial charge in [-0.2, -0.15) is 0 Å². The van der Waals surface area contributed by atoms with E-state index in [0.717, 1.165) is 23.9 Å². The molecule has 0 radical (unpaired) electrons. The first kappa shape index (κ1) is 15.7. The summed E-state index contributed by atoms with van der Waals surface area (Å²) in [5, 5.41) is 1.19. The van der Waals surface area contributed by atoms with Gasteiger partial charge in [0.25, 0.3) is 0 Å². The van der Waals surface area contributed by atoms with Gasteiger partial charge in [0.05, 0.1) is 6.04 Å². The fraction of sp³-hybridized carbons (Fsp3) is 0.227. The van der Waals surface area contributed by atoms with Gasteiger partial charge < -0.3 is 9.88 Å². The number of carbonyl (C=O) groups excluding carboxylic acids is 1. The van der Waals surface area contributed by atoms with E-state index in [-0.39, 0.29) is 11.9 Å². The highest BCUT2D eigenvalue weighted by Crippen LogP contribution is 2.37. The quantitative estimate of drug-likeness (QED) is 0.713. The average molecular weight is 330 g/mol. The number of amides is 1. The molecule has 1 atom stereocenters. The van der Waals surface area contributed by atoms with Crippen LogP contribution in [0.3, 0.4) is 0 Å². The molecule has 1 amide bonds. The van der Waals surface area contributed by atoms with Crippen LogP contribution in [0.25, 0.3) is 17.0 Å². The Balaban J connectivity index is 1.73. The van der Waals surface area contributed by atoms with Crippen LogP contribution < -0.4 is 0 Å². The summed E-state index contributed by atoms with van der Waals surface area (Å²) in [6.07, 6.45) is 6.53. The van der Waals surface area contributed by atoms with Crippen LogP contribution in [-0.4, -0.2) is 15.8 Å². The van der Waals surface area contributed by atoms with Gasteiger partial charge in [0.15, 0.2) is 0 Å². The third-order valence-electron chi connectivity index (χ3n) is 5.09. The maximum Gasteiger partial charge on any atom is 0.223 e. The van der Waals surface area contributed by atoms with Gasteiger partial charge in [-0.3, -0.25) is 4.79 Å². The molecule has 0 aliphatic carbocycles. The fourth-order valence-electron chi connectivity index (χ4n) is 3.78. The Labute approximate surface area is 148 Å². The number of carbonyl (C=O) groups is 1. The molecular formula is C22H22N2O. The number of fused-ring (bicyclic) bond motifs is 1. The molecule has 1 aromatic heterocycles. The predicted octanol–water partition coefficient (Wildman–Crippen LogP) is 5.06. The summed E-state index contributed by atoms with van der Waals surface area (Å²) in [7, 11) is 0. The Bertz CT molecular complexity index is 910. The molecule has 0 spiro atoms. The standard InChI is InChI=1S/C22H22N2O/c1-2-16-11-12-20-18(13-16)19(14-23-20)21-9-6-10-22(25)24(21)15-17-7-4-3-5-8-17/h2-5,7-8,11-14,21,23H,1,6,9-10,15H2/t21-/m1/s1. The molecule has 2 heterocycles. The number of hydrogen-bond acceptors (Lipinski definition) is 1. The molecule has 3 aromatic rings. The number of benzene rings is 2. The largest absolute Gasteiger partial charge is 0.361 e.